The van der Waals surface area contributed by atoms with Gasteiger partial charge in [0.15, 0.2) is 0 Å². The number of carbonyl (C=O) groups excluding carboxylic acids is 1. The Bertz CT molecular complexity index is 293. The third kappa shape index (κ3) is 3.42. The van der Waals surface area contributed by atoms with Gasteiger partial charge in [0.05, 0.1) is 0 Å². The Morgan fingerprint density at radius 1 is 1.38 bits per heavy atom. The van der Waals surface area contributed by atoms with Crippen LogP contribution in [0.5, 0.6) is 0 Å². The van der Waals surface area contributed by atoms with E-state index in [2.05, 4.69) is 0 Å². The predicted octanol–water partition coefficient (Wildman–Crippen LogP) is 1.20. The number of nitrogens with two attached hydrogens (primary N) is 1. The SMILES string of the molecule is N/C=C/C(=O)OCc1ccccc1. The number of esters is 1. The number of hydrogen-bond acceptors (Lipinski definition) is 3. The van der Waals surface area contributed by atoms with Crippen molar-refractivity contribution < 1.29 is 9.53 Å². The number of benzene rings is 1. The van der Waals surface area contributed by atoms with Crippen LogP contribution >= 0.6 is 0 Å². The summed E-state index contributed by atoms with van der Waals surface area (Å²) in [6, 6.07) is 9.47. The summed E-state index contributed by atoms with van der Waals surface area (Å²) in [5.41, 5.74) is 5.98. The largest absolute Gasteiger partial charge is 0.458 e. The van der Waals surface area contributed by atoms with E-state index in [4.69, 9.17) is 10.5 Å². The molecule has 0 bridgehead atoms. The lowest BCUT2D eigenvalue weighted by Crippen LogP contribution is -2.01. The number of rotatable bonds is 3. The van der Waals surface area contributed by atoms with Gasteiger partial charge < -0.3 is 10.5 Å². The van der Waals surface area contributed by atoms with Crippen molar-refractivity contribution in [1.82, 2.24) is 0 Å². The highest BCUT2D eigenvalue weighted by atomic mass is 16.5. The number of carbonyl (C=O) groups is 1. The van der Waals surface area contributed by atoms with E-state index in [1.165, 1.54) is 6.08 Å². The van der Waals surface area contributed by atoms with Crippen LogP contribution in [0.4, 0.5) is 0 Å². The summed E-state index contributed by atoms with van der Waals surface area (Å²) < 4.78 is 4.86. The quantitative estimate of drug-likeness (QED) is 0.557. The van der Waals surface area contributed by atoms with Crippen molar-refractivity contribution in [3.63, 3.8) is 0 Å². The standard InChI is InChI=1S/C10H11NO2/c11-7-6-10(12)13-8-9-4-2-1-3-5-9/h1-7H,8,11H2/b7-6+. The molecule has 3 heteroatoms. The van der Waals surface area contributed by atoms with Crippen molar-refractivity contribution in [1.29, 1.82) is 0 Å². The normalized spacial score (nSPS) is 10.2. The van der Waals surface area contributed by atoms with Gasteiger partial charge in [0, 0.05) is 12.3 Å². The lowest BCUT2D eigenvalue weighted by molar-refractivity contribution is -0.139. The smallest absolute Gasteiger partial charge is 0.332 e. The Balaban J connectivity index is 2.40. The van der Waals surface area contributed by atoms with Crippen LogP contribution in [-0.2, 0) is 16.1 Å². The molecule has 1 aromatic rings. The molecule has 0 aliphatic heterocycles. The molecule has 0 aliphatic carbocycles. The van der Waals surface area contributed by atoms with Crippen LogP contribution in [0.25, 0.3) is 0 Å². The van der Waals surface area contributed by atoms with Crippen LogP contribution in [0.2, 0.25) is 0 Å². The van der Waals surface area contributed by atoms with Gasteiger partial charge in [-0.05, 0) is 5.56 Å². The molecule has 0 aliphatic rings. The molecule has 2 N–H and O–H groups in total. The average Bonchev–Trinajstić information content (AvgIpc) is 2.17. The summed E-state index contributed by atoms with van der Waals surface area (Å²) in [4.78, 5) is 10.8. The van der Waals surface area contributed by atoms with Gasteiger partial charge in [-0.25, -0.2) is 4.79 Å². The Hall–Kier alpha value is -1.77. The second-order valence-corrected chi connectivity index (χ2v) is 2.45. The van der Waals surface area contributed by atoms with Crippen molar-refractivity contribution in [2.45, 2.75) is 6.61 Å². The van der Waals surface area contributed by atoms with Gasteiger partial charge in [0.1, 0.15) is 6.61 Å². The molecule has 1 rings (SSSR count). The molecule has 0 amide bonds. The monoisotopic (exact) mass is 177 g/mol. The molecule has 0 heterocycles. The maximum atomic E-state index is 10.8. The Kier molecular flexibility index (Phi) is 3.57. The Morgan fingerprint density at radius 2 is 2.08 bits per heavy atom. The zero-order valence-corrected chi connectivity index (χ0v) is 7.14. The zero-order chi connectivity index (χ0) is 9.52. The fourth-order valence-corrected chi connectivity index (χ4v) is 0.855. The highest BCUT2D eigenvalue weighted by molar-refractivity contribution is 5.81. The minimum Gasteiger partial charge on any atom is -0.458 e. The first kappa shape index (κ1) is 9.32. The van der Waals surface area contributed by atoms with Crippen LogP contribution in [0.1, 0.15) is 5.56 Å². The van der Waals surface area contributed by atoms with E-state index in [1.54, 1.807) is 0 Å². The topological polar surface area (TPSA) is 52.3 Å². The Morgan fingerprint density at radius 3 is 2.69 bits per heavy atom. The molecule has 0 atom stereocenters. The Labute approximate surface area is 76.8 Å². The van der Waals surface area contributed by atoms with E-state index in [1.807, 2.05) is 30.3 Å². The summed E-state index contributed by atoms with van der Waals surface area (Å²) in [6.07, 6.45) is 2.34. The zero-order valence-electron chi connectivity index (χ0n) is 7.14. The van der Waals surface area contributed by atoms with Gasteiger partial charge >= 0.3 is 5.97 Å². The summed E-state index contributed by atoms with van der Waals surface area (Å²) in [6.45, 7) is 0.282. The van der Waals surface area contributed by atoms with Crippen LogP contribution in [0.15, 0.2) is 42.6 Å². The predicted molar refractivity (Wildman–Crippen MR) is 49.6 cm³/mol. The van der Waals surface area contributed by atoms with Crippen molar-refractivity contribution >= 4 is 5.97 Å². The van der Waals surface area contributed by atoms with E-state index in [0.29, 0.717) is 0 Å². The summed E-state index contributed by atoms with van der Waals surface area (Å²) in [7, 11) is 0. The van der Waals surface area contributed by atoms with Gasteiger partial charge in [0.2, 0.25) is 0 Å². The second kappa shape index (κ2) is 4.98. The fourth-order valence-electron chi connectivity index (χ4n) is 0.855. The summed E-state index contributed by atoms with van der Waals surface area (Å²) in [5.74, 6) is -0.425. The highest BCUT2D eigenvalue weighted by Gasteiger charge is 1.96. The van der Waals surface area contributed by atoms with Crippen molar-refractivity contribution in [3.05, 3.63) is 48.2 Å². The molecule has 0 unspecified atom stereocenters. The van der Waals surface area contributed by atoms with Gasteiger partial charge in [-0.1, -0.05) is 30.3 Å². The number of ether oxygens (including phenoxy) is 1. The minimum atomic E-state index is -0.425. The summed E-state index contributed by atoms with van der Waals surface area (Å²) >= 11 is 0. The first-order valence-corrected chi connectivity index (χ1v) is 3.92. The molecule has 68 valence electrons. The van der Waals surface area contributed by atoms with E-state index >= 15 is 0 Å². The highest BCUT2D eigenvalue weighted by Crippen LogP contribution is 2.00. The molecule has 13 heavy (non-hydrogen) atoms. The van der Waals surface area contributed by atoms with Gasteiger partial charge in [0.25, 0.3) is 0 Å². The lowest BCUT2D eigenvalue weighted by atomic mass is 10.2. The van der Waals surface area contributed by atoms with Gasteiger partial charge in [-0.2, -0.15) is 0 Å². The molecule has 3 nitrogen and oxygen atoms in total. The molecule has 0 saturated carbocycles. The van der Waals surface area contributed by atoms with E-state index in [0.717, 1.165) is 11.8 Å². The van der Waals surface area contributed by atoms with Crippen molar-refractivity contribution in [3.8, 4) is 0 Å². The third-order valence-corrected chi connectivity index (χ3v) is 1.46. The maximum Gasteiger partial charge on any atom is 0.332 e. The molecular weight excluding hydrogens is 166 g/mol. The number of hydrogen-bond donors (Lipinski definition) is 1. The van der Waals surface area contributed by atoms with Crippen LogP contribution < -0.4 is 5.73 Å². The molecule has 0 spiro atoms. The van der Waals surface area contributed by atoms with E-state index < -0.39 is 5.97 Å². The fraction of sp³-hybridized carbons (Fsp3) is 0.100. The first-order chi connectivity index (χ1) is 6.33. The van der Waals surface area contributed by atoms with Crippen molar-refractivity contribution in [2.75, 3.05) is 0 Å². The average molecular weight is 177 g/mol. The third-order valence-electron chi connectivity index (χ3n) is 1.46. The van der Waals surface area contributed by atoms with Crippen LogP contribution in [0.3, 0.4) is 0 Å². The second-order valence-electron chi connectivity index (χ2n) is 2.45. The molecule has 0 aromatic heterocycles. The van der Waals surface area contributed by atoms with Gasteiger partial charge in [-0.15, -0.1) is 0 Å². The molecular formula is C10H11NO2. The molecule has 0 saturated heterocycles. The van der Waals surface area contributed by atoms with E-state index in [9.17, 15) is 4.79 Å². The molecule has 1 aromatic carbocycles. The minimum absolute atomic E-state index is 0.282. The molecule has 0 fully saturated rings. The summed E-state index contributed by atoms with van der Waals surface area (Å²) in [5, 5.41) is 0. The maximum absolute atomic E-state index is 10.8. The first-order valence-electron chi connectivity index (χ1n) is 3.92. The van der Waals surface area contributed by atoms with Gasteiger partial charge in [-0.3, -0.25) is 0 Å². The van der Waals surface area contributed by atoms with Crippen molar-refractivity contribution in [2.24, 2.45) is 5.73 Å². The van der Waals surface area contributed by atoms with Crippen LogP contribution in [0, 0.1) is 0 Å². The lowest BCUT2D eigenvalue weighted by Gasteiger charge is -2.00. The van der Waals surface area contributed by atoms with Crippen LogP contribution in [-0.4, -0.2) is 5.97 Å². The molecule has 0 radical (unpaired) electrons. The van der Waals surface area contributed by atoms with E-state index in [-0.39, 0.29) is 6.61 Å².